The molecule has 2 heterocycles. The lowest BCUT2D eigenvalue weighted by Crippen LogP contribution is -2.54. The molecule has 5 nitrogen and oxygen atoms in total. The maximum atomic E-state index is 12.7. The average Bonchev–Trinajstić information content (AvgIpc) is 2.71. The molecule has 0 saturated heterocycles. The van der Waals surface area contributed by atoms with E-state index in [4.69, 9.17) is 4.74 Å². The minimum absolute atomic E-state index is 0.195. The van der Waals surface area contributed by atoms with E-state index in [-0.39, 0.29) is 11.4 Å². The number of amides is 1. The SMILES string of the molecule is CC(C)(CNC(=O)C1Cc2ccccc2C(=O)O1)N1CCc2ccccc2C1. The van der Waals surface area contributed by atoms with Crippen molar-refractivity contribution < 1.29 is 14.3 Å². The van der Waals surface area contributed by atoms with Crippen molar-refractivity contribution in [3.63, 3.8) is 0 Å². The fourth-order valence-electron chi connectivity index (χ4n) is 4.02. The second-order valence-electron chi connectivity index (χ2n) is 8.23. The van der Waals surface area contributed by atoms with Gasteiger partial charge in [0, 0.05) is 31.6 Å². The fourth-order valence-corrected chi connectivity index (χ4v) is 4.02. The number of hydrogen-bond donors (Lipinski definition) is 1. The van der Waals surface area contributed by atoms with Crippen LogP contribution in [-0.2, 0) is 28.9 Å². The number of cyclic esters (lactones) is 1. The van der Waals surface area contributed by atoms with Crippen molar-refractivity contribution in [1.82, 2.24) is 10.2 Å². The highest BCUT2D eigenvalue weighted by Gasteiger charge is 2.34. The standard InChI is InChI=1S/C23H26N2O3/c1-23(2,25-12-11-16-7-3-4-9-18(16)14-25)15-24-21(26)20-13-17-8-5-6-10-19(17)22(27)28-20/h3-10,20H,11-15H2,1-2H3,(H,24,26). The molecule has 2 aromatic carbocycles. The molecule has 5 heteroatoms. The maximum absolute atomic E-state index is 12.7. The van der Waals surface area contributed by atoms with Gasteiger partial charge in [-0.1, -0.05) is 42.5 Å². The van der Waals surface area contributed by atoms with Crippen LogP contribution in [0.15, 0.2) is 48.5 Å². The van der Waals surface area contributed by atoms with Gasteiger partial charge in [0.05, 0.1) is 5.56 Å². The lowest BCUT2D eigenvalue weighted by molar-refractivity contribution is -0.130. The van der Waals surface area contributed by atoms with Crippen molar-refractivity contribution in [2.75, 3.05) is 13.1 Å². The van der Waals surface area contributed by atoms with Gasteiger partial charge in [-0.25, -0.2) is 4.79 Å². The Morgan fingerprint density at radius 2 is 1.79 bits per heavy atom. The molecule has 1 unspecified atom stereocenters. The molecule has 4 rings (SSSR count). The number of rotatable bonds is 4. The van der Waals surface area contributed by atoms with Crippen molar-refractivity contribution in [3.8, 4) is 0 Å². The first-order valence-electron chi connectivity index (χ1n) is 9.82. The van der Waals surface area contributed by atoms with E-state index in [1.807, 2.05) is 12.1 Å². The number of carbonyl (C=O) groups excluding carboxylic acids is 2. The number of ether oxygens (including phenoxy) is 1. The van der Waals surface area contributed by atoms with E-state index in [0.717, 1.165) is 25.1 Å². The van der Waals surface area contributed by atoms with Gasteiger partial charge in [0.15, 0.2) is 6.10 Å². The van der Waals surface area contributed by atoms with Crippen LogP contribution in [0, 0.1) is 0 Å². The highest BCUT2D eigenvalue weighted by Crippen LogP contribution is 2.25. The normalized spacial score (nSPS) is 19.4. The molecule has 2 aliphatic rings. The van der Waals surface area contributed by atoms with Gasteiger partial charge < -0.3 is 10.1 Å². The molecule has 0 saturated carbocycles. The number of nitrogens with zero attached hydrogens (tertiary/aromatic N) is 1. The molecular weight excluding hydrogens is 352 g/mol. The van der Waals surface area contributed by atoms with Gasteiger partial charge in [0.1, 0.15) is 0 Å². The van der Waals surface area contributed by atoms with Crippen LogP contribution in [0.5, 0.6) is 0 Å². The zero-order valence-corrected chi connectivity index (χ0v) is 16.4. The Kier molecular flexibility index (Phi) is 4.94. The fraction of sp³-hybridized carbons (Fsp3) is 0.391. The molecule has 0 fully saturated rings. The molecule has 0 aliphatic carbocycles. The molecule has 2 aliphatic heterocycles. The van der Waals surface area contributed by atoms with E-state index in [9.17, 15) is 9.59 Å². The van der Waals surface area contributed by atoms with Crippen LogP contribution in [0.4, 0.5) is 0 Å². The van der Waals surface area contributed by atoms with E-state index in [2.05, 4.69) is 48.3 Å². The van der Waals surface area contributed by atoms with Crippen LogP contribution < -0.4 is 5.32 Å². The van der Waals surface area contributed by atoms with Crippen molar-refractivity contribution >= 4 is 11.9 Å². The summed E-state index contributed by atoms with van der Waals surface area (Å²) in [5, 5.41) is 3.01. The smallest absolute Gasteiger partial charge is 0.339 e. The van der Waals surface area contributed by atoms with E-state index >= 15 is 0 Å². The number of nitrogens with one attached hydrogen (secondary N) is 1. The molecule has 0 radical (unpaired) electrons. The third-order valence-corrected chi connectivity index (χ3v) is 5.87. The van der Waals surface area contributed by atoms with Crippen molar-refractivity contribution in [2.24, 2.45) is 0 Å². The van der Waals surface area contributed by atoms with E-state index in [1.165, 1.54) is 11.1 Å². The zero-order valence-electron chi connectivity index (χ0n) is 16.4. The van der Waals surface area contributed by atoms with Crippen LogP contribution in [-0.4, -0.2) is 41.5 Å². The molecular formula is C23H26N2O3. The minimum Gasteiger partial charge on any atom is -0.448 e. The topological polar surface area (TPSA) is 58.6 Å². The molecule has 1 amide bonds. The summed E-state index contributed by atoms with van der Waals surface area (Å²) in [7, 11) is 0. The highest BCUT2D eigenvalue weighted by atomic mass is 16.5. The number of fused-ring (bicyclic) bond motifs is 2. The second-order valence-corrected chi connectivity index (χ2v) is 8.23. The molecule has 2 aromatic rings. The summed E-state index contributed by atoms with van der Waals surface area (Å²) in [6, 6.07) is 15.8. The number of carbonyl (C=O) groups is 2. The zero-order chi connectivity index (χ0) is 19.7. The van der Waals surface area contributed by atoms with Crippen molar-refractivity contribution in [1.29, 1.82) is 0 Å². The van der Waals surface area contributed by atoms with Gasteiger partial charge in [-0.3, -0.25) is 9.69 Å². The van der Waals surface area contributed by atoms with Crippen LogP contribution in [0.25, 0.3) is 0 Å². The van der Waals surface area contributed by atoms with Crippen molar-refractivity contribution in [3.05, 3.63) is 70.8 Å². The van der Waals surface area contributed by atoms with Crippen LogP contribution in [0.2, 0.25) is 0 Å². The number of esters is 1. The Hall–Kier alpha value is -2.66. The second kappa shape index (κ2) is 7.40. The molecule has 28 heavy (non-hydrogen) atoms. The van der Waals surface area contributed by atoms with Crippen LogP contribution in [0.1, 0.15) is 40.9 Å². The molecule has 1 atom stereocenters. The predicted octanol–water partition coefficient (Wildman–Crippen LogP) is 2.72. The summed E-state index contributed by atoms with van der Waals surface area (Å²) >= 11 is 0. The summed E-state index contributed by atoms with van der Waals surface area (Å²) in [6.07, 6.45) is 0.677. The predicted molar refractivity (Wildman–Crippen MR) is 107 cm³/mol. The van der Waals surface area contributed by atoms with Gasteiger partial charge in [0.25, 0.3) is 5.91 Å². The van der Waals surface area contributed by atoms with Crippen molar-refractivity contribution in [2.45, 2.75) is 44.9 Å². The first-order valence-corrected chi connectivity index (χ1v) is 9.82. The summed E-state index contributed by atoms with van der Waals surface area (Å²) in [5.74, 6) is -0.651. The Labute approximate surface area is 165 Å². The Balaban J connectivity index is 1.37. The van der Waals surface area contributed by atoms with E-state index in [0.29, 0.717) is 18.5 Å². The molecule has 0 spiro atoms. The van der Waals surface area contributed by atoms with Gasteiger partial charge in [0.2, 0.25) is 0 Å². The molecule has 1 N–H and O–H groups in total. The van der Waals surface area contributed by atoms with Crippen LogP contribution >= 0.6 is 0 Å². The highest BCUT2D eigenvalue weighted by molar-refractivity contribution is 5.95. The molecule has 0 aromatic heterocycles. The summed E-state index contributed by atoms with van der Waals surface area (Å²) in [4.78, 5) is 27.2. The third-order valence-electron chi connectivity index (χ3n) is 5.87. The summed E-state index contributed by atoms with van der Waals surface area (Å²) in [6.45, 7) is 6.63. The third kappa shape index (κ3) is 3.67. The Morgan fingerprint density at radius 3 is 2.57 bits per heavy atom. The average molecular weight is 378 g/mol. The lowest BCUT2D eigenvalue weighted by atomic mass is 9.93. The van der Waals surface area contributed by atoms with Crippen LogP contribution in [0.3, 0.4) is 0 Å². The van der Waals surface area contributed by atoms with Gasteiger partial charge in [-0.15, -0.1) is 0 Å². The summed E-state index contributed by atoms with van der Waals surface area (Å²) < 4.78 is 5.37. The lowest BCUT2D eigenvalue weighted by Gasteiger charge is -2.42. The summed E-state index contributed by atoms with van der Waals surface area (Å²) in [5.41, 5.74) is 3.99. The number of benzene rings is 2. The number of hydrogen-bond acceptors (Lipinski definition) is 4. The largest absolute Gasteiger partial charge is 0.448 e. The van der Waals surface area contributed by atoms with Gasteiger partial charge in [-0.2, -0.15) is 0 Å². The quantitative estimate of drug-likeness (QED) is 0.831. The molecule has 146 valence electrons. The Morgan fingerprint density at radius 1 is 1.11 bits per heavy atom. The first kappa shape index (κ1) is 18.7. The van der Waals surface area contributed by atoms with Gasteiger partial charge >= 0.3 is 5.97 Å². The first-order chi connectivity index (χ1) is 13.4. The minimum atomic E-state index is -0.764. The van der Waals surface area contributed by atoms with E-state index < -0.39 is 12.1 Å². The monoisotopic (exact) mass is 378 g/mol. The molecule has 0 bridgehead atoms. The van der Waals surface area contributed by atoms with E-state index in [1.54, 1.807) is 12.1 Å². The van der Waals surface area contributed by atoms with Gasteiger partial charge in [-0.05, 0) is 43.0 Å². The Bertz CT molecular complexity index is 906. The maximum Gasteiger partial charge on any atom is 0.339 e.